The van der Waals surface area contributed by atoms with Crippen molar-refractivity contribution in [2.75, 3.05) is 14.1 Å². The first-order chi connectivity index (χ1) is 5.79. The molecule has 0 aliphatic heterocycles. The molecular formula is C10H15N2+. The zero-order valence-corrected chi connectivity index (χ0v) is 7.62. The van der Waals surface area contributed by atoms with Crippen LogP contribution in [0.25, 0.3) is 0 Å². The summed E-state index contributed by atoms with van der Waals surface area (Å²) in [5.74, 6) is 0. The molecule has 0 aliphatic rings. The summed E-state index contributed by atoms with van der Waals surface area (Å²) in [6, 6.07) is 10.3. The Hall–Kier alpha value is -1.31. The quantitative estimate of drug-likeness (QED) is 0.400. The third-order valence-electron chi connectivity index (χ3n) is 1.50. The average Bonchev–Trinajstić information content (AvgIpc) is 2.05. The SMILES string of the molecule is C[N+](C)=CNCc1ccccc1. The van der Waals surface area contributed by atoms with Crippen molar-refractivity contribution in [2.24, 2.45) is 0 Å². The summed E-state index contributed by atoms with van der Waals surface area (Å²) < 4.78 is 1.99. The monoisotopic (exact) mass is 163 g/mol. The van der Waals surface area contributed by atoms with Gasteiger partial charge >= 0.3 is 0 Å². The lowest BCUT2D eigenvalue weighted by molar-refractivity contribution is -0.461. The van der Waals surface area contributed by atoms with Crippen LogP contribution in [0.2, 0.25) is 0 Å². The summed E-state index contributed by atoms with van der Waals surface area (Å²) in [7, 11) is 4.00. The van der Waals surface area contributed by atoms with Gasteiger partial charge in [-0.05, 0) is 5.56 Å². The van der Waals surface area contributed by atoms with Crippen LogP contribution in [0.5, 0.6) is 0 Å². The third-order valence-corrected chi connectivity index (χ3v) is 1.50. The molecule has 0 aliphatic carbocycles. The molecule has 0 unspecified atom stereocenters. The van der Waals surface area contributed by atoms with Gasteiger partial charge in [0.15, 0.2) is 0 Å². The Morgan fingerprint density at radius 3 is 2.50 bits per heavy atom. The van der Waals surface area contributed by atoms with Crippen LogP contribution in [0, 0.1) is 0 Å². The van der Waals surface area contributed by atoms with Gasteiger partial charge in [-0.3, -0.25) is 9.89 Å². The predicted octanol–water partition coefficient (Wildman–Crippen LogP) is 1.08. The minimum absolute atomic E-state index is 0.888. The summed E-state index contributed by atoms with van der Waals surface area (Å²) in [6.07, 6.45) is 1.95. The van der Waals surface area contributed by atoms with Crippen LogP contribution in [0.15, 0.2) is 30.3 Å². The van der Waals surface area contributed by atoms with Crippen molar-refractivity contribution in [1.29, 1.82) is 0 Å². The van der Waals surface area contributed by atoms with Gasteiger partial charge in [0.05, 0.1) is 14.1 Å². The molecule has 0 aromatic heterocycles. The number of hydrogen-bond acceptors (Lipinski definition) is 0. The van der Waals surface area contributed by atoms with E-state index >= 15 is 0 Å². The highest BCUT2D eigenvalue weighted by Crippen LogP contribution is 1.95. The lowest BCUT2D eigenvalue weighted by Gasteiger charge is -1.95. The van der Waals surface area contributed by atoms with Gasteiger partial charge in [-0.2, -0.15) is 0 Å². The Morgan fingerprint density at radius 1 is 1.25 bits per heavy atom. The number of benzene rings is 1. The highest BCUT2D eigenvalue weighted by atomic mass is 15.0. The highest BCUT2D eigenvalue weighted by Gasteiger charge is 1.90. The van der Waals surface area contributed by atoms with E-state index in [0.29, 0.717) is 0 Å². The van der Waals surface area contributed by atoms with Crippen LogP contribution in [0.3, 0.4) is 0 Å². The van der Waals surface area contributed by atoms with Crippen LogP contribution >= 0.6 is 0 Å². The predicted molar refractivity (Wildman–Crippen MR) is 51.5 cm³/mol. The topological polar surface area (TPSA) is 15.0 Å². The van der Waals surface area contributed by atoms with E-state index in [0.717, 1.165) is 6.54 Å². The lowest BCUT2D eigenvalue weighted by atomic mass is 10.2. The van der Waals surface area contributed by atoms with Gasteiger partial charge in [0.25, 0.3) is 0 Å². The zero-order valence-electron chi connectivity index (χ0n) is 7.62. The smallest absolute Gasteiger partial charge is 0.231 e. The second kappa shape index (κ2) is 4.54. The van der Waals surface area contributed by atoms with Gasteiger partial charge < -0.3 is 0 Å². The van der Waals surface area contributed by atoms with E-state index in [-0.39, 0.29) is 0 Å². The van der Waals surface area contributed by atoms with Gasteiger partial charge in [-0.15, -0.1) is 0 Å². The number of hydrogen-bond donors (Lipinski definition) is 1. The fraction of sp³-hybridized carbons (Fsp3) is 0.300. The van der Waals surface area contributed by atoms with E-state index in [1.807, 2.05) is 43.2 Å². The molecule has 12 heavy (non-hydrogen) atoms. The maximum Gasteiger partial charge on any atom is 0.231 e. The molecule has 1 aromatic carbocycles. The zero-order chi connectivity index (χ0) is 8.81. The first-order valence-electron chi connectivity index (χ1n) is 4.06. The molecule has 0 saturated heterocycles. The van der Waals surface area contributed by atoms with Crippen molar-refractivity contribution < 1.29 is 4.58 Å². The van der Waals surface area contributed by atoms with Crippen molar-refractivity contribution in [2.45, 2.75) is 6.54 Å². The Labute approximate surface area is 73.5 Å². The van der Waals surface area contributed by atoms with Crippen LogP contribution in [0.4, 0.5) is 0 Å². The van der Waals surface area contributed by atoms with E-state index in [2.05, 4.69) is 17.4 Å². The van der Waals surface area contributed by atoms with Gasteiger partial charge in [-0.25, -0.2) is 0 Å². The summed E-state index contributed by atoms with van der Waals surface area (Å²) >= 11 is 0. The number of rotatable bonds is 3. The van der Waals surface area contributed by atoms with Crippen molar-refractivity contribution in [3.63, 3.8) is 0 Å². The van der Waals surface area contributed by atoms with E-state index < -0.39 is 0 Å². The lowest BCUT2D eigenvalue weighted by Crippen LogP contribution is -2.17. The Balaban J connectivity index is 2.39. The minimum atomic E-state index is 0.888. The van der Waals surface area contributed by atoms with Crippen molar-refractivity contribution in [1.82, 2.24) is 5.32 Å². The Kier molecular flexibility index (Phi) is 3.33. The maximum absolute atomic E-state index is 3.20. The molecule has 64 valence electrons. The molecule has 0 radical (unpaired) electrons. The average molecular weight is 163 g/mol. The van der Waals surface area contributed by atoms with E-state index in [1.165, 1.54) is 5.56 Å². The molecule has 0 fully saturated rings. The van der Waals surface area contributed by atoms with Crippen LogP contribution < -0.4 is 5.32 Å². The minimum Gasteiger partial charge on any atom is -0.277 e. The van der Waals surface area contributed by atoms with Crippen molar-refractivity contribution in [3.05, 3.63) is 35.9 Å². The summed E-state index contributed by atoms with van der Waals surface area (Å²) in [6.45, 7) is 0.888. The molecule has 0 bridgehead atoms. The fourth-order valence-electron chi connectivity index (χ4n) is 0.942. The molecule has 2 nitrogen and oxygen atoms in total. The van der Waals surface area contributed by atoms with Crippen molar-refractivity contribution in [3.8, 4) is 0 Å². The molecule has 1 N–H and O–H groups in total. The van der Waals surface area contributed by atoms with E-state index in [1.54, 1.807) is 0 Å². The maximum atomic E-state index is 3.20. The molecule has 0 heterocycles. The van der Waals surface area contributed by atoms with Crippen LogP contribution in [-0.2, 0) is 6.54 Å². The van der Waals surface area contributed by atoms with Gasteiger partial charge in [-0.1, -0.05) is 30.3 Å². The second-order valence-corrected chi connectivity index (χ2v) is 2.96. The van der Waals surface area contributed by atoms with Gasteiger partial charge in [0.1, 0.15) is 6.54 Å². The second-order valence-electron chi connectivity index (χ2n) is 2.96. The third kappa shape index (κ3) is 3.19. The van der Waals surface area contributed by atoms with Gasteiger partial charge in [0, 0.05) is 0 Å². The molecule has 2 heteroatoms. The number of nitrogens with one attached hydrogen (secondary N) is 1. The largest absolute Gasteiger partial charge is 0.277 e. The highest BCUT2D eigenvalue weighted by molar-refractivity contribution is 5.47. The van der Waals surface area contributed by atoms with Crippen molar-refractivity contribution >= 4 is 6.34 Å². The number of nitrogens with zero attached hydrogens (tertiary/aromatic N) is 1. The molecule has 0 spiro atoms. The molecule has 1 rings (SSSR count). The fourth-order valence-corrected chi connectivity index (χ4v) is 0.942. The Morgan fingerprint density at radius 2 is 1.92 bits per heavy atom. The van der Waals surface area contributed by atoms with Crippen LogP contribution in [-0.4, -0.2) is 25.0 Å². The summed E-state index contributed by atoms with van der Waals surface area (Å²) in [4.78, 5) is 0. The summed E-state index contributed by atoms with van der Waals surface area (Å²) in [5.41, 5.74) is 1.30. The molecule has 0 amide bonds. The summed E-state index contributed by atoms with van der Waals surface area (Å²) in [5, 5.41) is 3.20. The van der Waals surface area contributed by atoms with E-state index in [4.69, 9.17) is 0 Å². The normalized spacial score (nSPS) is 9.17. The standard InChI is InChI=1S/C10H14N2/c1-12(2)9-11-8-10-6-4-3-5-7-10/h3-7,9H,8H2,1-2H3/p+1. The molecule has 0 saturated carbocycles. The van der Waals surface area contributed by atoms with Gasteiger partial charge in [0.2, 0.25) is 6.34 Å². The van der Waals surface area contributed by atoms with E-state index in [9.17, 15) is 0 Å². The first kappa shape index (κ1) is 8.78. The van der Waals surface area contributed by atoms with Crippen LogP contribution in [0.1, 0.15) is 5.56 Å². The molecule has 0 atom stereocenters. The molecular weight excluding hydrogens is 148 g/mol. The molecule has 1 aromatic rings. The first-order valence-corrected chi connectivity index (χ1v) is 4.06. The Bertz CT molecular complexity index is 248.